The van der Waals surface area contributed by atoms with Crippen molar-refractivity contribution < 1.29 is 148 Å². The third-order valence-electron chi connectivity index (χ3n) is 15.0. The van der Waals surface area contributed by atoms with E-state index in [0.717, 1.165) is 0 Å². The minimum absolute atomic E-state index is 0.0599. The van der Waals surface area contributed by atoms with E-state index in [1.54, 1.807) is 25.1 Å². The van der Waals surface area contributed by atoms with Crippen LogP contribution < -0.4 is 0 Å². The van der Waals surface area contributed by atoms with Crippen molar-refractivity contribution in [1.82, 2.24) is 0 Å². The molecule has 5 fully saturated rings. The van der Waals surface area contributed by atoms with Crippen molar-refractivity contribution in [3.05, 3.63) is 67.2 Å². The number of benzene rings is 1. The second-order valence-corrected chi connectivity index (χ2v) is 29.5. The van der Waals surface area contributed by atoms with Crippen LogP contribution in [0, 0.1) is 11.8 Å². The van der Waals surface area contributed by atoms with Gasteiger partial charge >= 0.3 is 453 Å². The molecule has 5 saturated heterocycles. The Morgan fingerprint density at radius 2 is 0.946 bits per heavy atom. The van der Waals surface area contributed by atoms with E-state index < -0.39 is 239 Å². The molecule has 0 aliphatic carbocycles. The molecule has 6 N–H and O–H groups in total. The van der Waals surface area contributed by atoms with Crippen molar-refractivity contribution in [3.63, 3.8) is 0 Å². The summed E-state index contributed by atoms with van der Waals surface area (Å²) in [6.45, 7) is 2.71. The normalized spacial score (nSPS) is 37.2. The zero-order chi connectivity index (χ0) is 69.0. The summed E-state index contributed by atoms with van der Waals surface area (Å²) >= 11 is 0. The topological polar surface area (TPSA) is 611 Å². The molecule has 0 spiro atoms. The standard InChI is InChI=1S/C40H63B4N9O33P2S5/c1-15-21(12-73-89(57,58)59)79-38(26(50-53-47)35(15)87-43-41-55)81-28-16(2)27(54)39(77-18(28)4)83-30-22(13-74-90(60,61)62)80-37(25(49-52-46)32(30)85-92(66,67)68)82-29-19(5)78-40(34(86-93(69,70)71)33(29)72-11-20-9-7-6-8-10-20)84-31-23(14-75-91(63,64)65)76-17(3)24(48-51-45)36(31)88-44-42-56/h6-10,15-19,21-40,43-44,54,87-88H,11-14H2,1-5H3,(H,57,58,59)(H,60,61,62)(H,63,64,65)(H,66,67,68)(H,69,70,71)/t15-,16-,17+,18?,19?,21?,22?,23?,24?,25?,26?,27?,28+,29-,30-,31-,32-,33-,34?,35+,36-,37+,38+,39+,40+/m1/s1. The van der Waals surface area contributed by atoms with Gasteiger partial charge in [-0.2, -0.15) is 16.8 Å². The zero-order valence-electron chi connectivity index (χ0n) is 49.0. The molecule has 53 heteroatoms. The Bertz CT molecular complexity index is 3440. The maximum atomic E-state index is 13.0. The second-order valence-electron chi connectivity index (χ2n) is 21.2. The van der Waals surface area contributed by atoms with Gasteiger partial charge in [-0.3, -0.25) is 9.11 Å². The average Bonchev–Trinajstić information content (AvgIpc) is 0.769. The van der Waals surface area contributed by atoms with Crippen LogP contribution in [0.5, 0.6) is 0 Å². The Morgan fingerprint density at radius 3 is 1.49 bits per heavy atom. The van der Waals surface area contributed by atoms with Crippen molar-refractivity contribution in [3.8, 4) is 0 Å². The van der Waals surface area contributed by atoms with Crippen molar-refractivity contribution in [2.24, 2.45) is 27.2 Å². The first kappa shape index (κ1) is 78.8. The summed E-state index contributed by atoms with van der Waals surface area (Å²) in [5.74, 6) is -1.96. The predicted molar refractivity (Wildman–Crippen MR) is 315 cm³/mol. The Balaban J connectivity index is 1.40. The van der Waals surface area contributed by atoms with Crippen LogP contribution in [0.3, 0.4) is 0 Å². The molecule has 0 aromatic heterocycles. The Morgan fingerprint density at radius 1 is 0.495 bits per heavy atom. The van der Waals surface area contributed by atoms with Crippen molar-refractivity contribution >= 4 is 96.8 Å². The molecule has 5 heterocycles. The number of rotatable bonds is 33. The predicted octanol–water partition coefficient (Wildman–Crippen LogP) is -0.930. The summed E-state index contributed by atoms with van der Waals surface area (Å²) in [4.78, 5) is 8.46. The Kier molecular flexibility index (Phi) is 29.2. The van der Waals surface area contributed by atoms with E-state index in [0.29, 0.717) is 19.6 Å². The van der Waals surface area contributed by atoms with Crippen molar-refractivity contribution in [2.75, 3.05) is 19.8 Å². The fourth-order valence-corrected chi connectivity index (χ4v) is 15.8. The van der Waals surface area contributed by atoms with E-state index in [1.165, 1.54) is 39.8 Å². The van der Waals surface area contributed by atoms with Crippen LogP contribution in [0.25, 0.3) is 31.3 Å². The van der Waals surface area contributed by atoms with Crippen LogP contribution in [0.4, 0.5) is 0 Å². The van der Waals surface area contributed by atoms with E-state index in [2.05, 4.69) is 42.6 Å². The summed E-state index contributed by atoms with van der Waals surface area (Å²) in [5.41, 5.74) is 27.7. The van der Waals surface area contributed by atoms with Crippen LogP contribution in [0.2, 0.25) is 0 Å². The molecule has 27 atom stereocenters. The summed E-state index contributed by atoms with van der Waals surface area (Å²) < 4.78 is 282. The Hall–Kier alpha value is -3.22. The number of aliphatic hydroxyl groups is 1. The number of hydrogen-bond acceptors (Lipinski definition) is 31. The van der Waals surface area contributed by atoms with Gasteiger partial charge in [0.15, 0.2) is 0 Å². The molecule has 5 aliphatic rings. The Labute approximate surface area is 537 Å². The van der Waals surface area contributed by atoms with E-state index >= 15 is 0 Å². The van der Waals surface area contributed by atoms with Crippen LogP contribution in [-0.2, 0) is 136 Å². The zero-order valence-corrected chi connectivity index (χ0v) is 55.1. The van der Waals surface area contributed by atoms with Gasteiger partial charge in [-0.25, -0.2) is 8.37 Å². The molecule has 0 radical (unpaired) electrons. The van der Waals surface area contributed by atoms with E-state index in [1.807, 2.05) is 0 Å². The molecular weight excluding hydrogens is 1400 g/mol. The van der Waals surface area contributed by atoms with Crippen LogP contribution in [0.1, 0.15) is 40.2 Å². The van der Waals surface area contributed by atoms with Gasteiger partial charge in [-0.15, -0.1) is 0 Å². The number of hydrogen-bond donors (Lipinski definition) is 6. The first-order chi connectivity index (χ1) is 43.5. The SMILES string of the molecule is CC1O[C@@H](O[C@@H]2C(COS(=O)(=O)O)O[C@@H](O[C@@H]3C(C)O[C@@H](O[C@@H]4C(COS(=O)(=O)O)O[C@@H](C)C(N=[N+]=[N-])[C@H]4PBB=O)C(OS(=O)(=O)O)[C@@H]3OCc3ccccc3)C(N=[N+]=[N-])[C@H]2OS(=O)(=O)O)C(O)[C@@H](C)[C@@H]1O[C@@H]1OC(COS(=O)(=O)O)[C@@H](C)[C@H](PBB=O)C1N=[N+]=[N-]. The van der Waals surface area contributed by atoms with Gasteiger partial charge in [-0.1, -0.05) is 23.3 Å². The van der Waals surface area contributed by atoms with Gasteiger partial charge in [0.05, 0.1) is 6.61 Å². The van der Waals surface area contributed by atoms with E-state index in [9.17, 15) is 96.0 Å². The fourth-order valence-electron chi connectivity index (χ4n) is 11.0. The molecule has 0 amide bonds. The van der Waals surface area contributed by atoms with Gasteiger partial charge in [0.1, 0.15) is 12.2 Å². The van der Waals surface area contributed by atoms with Gasteiger partial charge in [0.2, 0.25) is 0 Å². The third kappa shape index (κ3) is 22.9. The number of ether oxygens (including phenoxy) is 10. The average molecular weight is 1460 g/mol. The summed E-state index contributed by atoms with van der Waals surface area (Å²) in [5, 5.41) is 23.2. The second kappa shape index (κ2) is 34.5. The molecule has 6 rings (SSSR count). The summed E-state index contributed by atoms with van der Waals surface area (Å²) in [6, 6.07) is 2.91. The molecule has 12 unspecified atom stereocenters. The third-order valence-corrected chi connectivity index (χ3v) is 20.6. The van der Waals surface area contributed by atoms with Gasteiger partial charge in [0, 0.05) is 4.91 Å². The van der Waals surface area contributed by atoms with Crippen LogP contribution in [-0.4, -0.2) is 258 Å². The van der Waals surface area contributed by atoms with Gasteiger partial charge in [-0.05, 0) is 5.53 Å². The first-order valence-corrected chi connectivity index (χ1v) is 36.8. The fraction of sp³-hybridized carbons (Fsp3) is 0.850. The van der Waals surface area contributed by atoms with Crippen LogP contribution >= 0.6 is 16.9 Å². The van der Waals surface area contributed by atoms with Crippen LogP contribution in [0.15, 0.2) is 45.7 Å². The summed E-state index contributed by atoms with van der Waals surface area (Å²) in [7, 11) is -27.2. The molecule has 5 aliphatic heterocycles. The molecule has 1 aromatic carbocycles. The monoisotopic (exact) mass is 1460 g/mol. The minimum atomic E-state index is -5.85. The van der Waals surface area contributed by atoms with Gasteiger partial charge < -0.3 is 0 Å². The van der Waals surface area contributed by atoms with E-state index in [-0.39, 0.29) is 22.2 Å². The van der Waals surface area contributed by atoms with Crippen molar-refractivity contribution in [1.29, 1.82) is 0 Å². The van der Waals surface area contributed by atoms with E-state index in [4.69, 9.17) is 55.7 Å². The number of azide groups is 3. The maximum absolute atomic E-state index is 13.0. The molecule has 0 bridgehead atoms. The number of nitrogens with zero attached hydrogens (tertiary/aromatic N) is 9. The number of aliphatic hydroxyl groups excluding tert-OH is 1. The quantitative estimate of drug-likeness (QED) is 0.0124. The molecule has 93 heavy (non-hydrogen) atoms. The first-order valence-electron chi connectivity index (χ1n) is 27.4. The summed E-state index contributed by atoms with van der Waals surface area (Å²) in [6.07, 6.45) is -33.8. The van der Waals surface area contributed by atoms with Gasteiger partial charge in [0.25, 0.3) is 0 Å². The molecule has 42 nitrogen and oxygen atoms in total. The molecule has 518 valence electrons. The van der Waals surface area contributed by atoms with Crippen molar-refractivity contribution in [2.45, 2.75) is 181 Å². The molecule has 1 aromatic rings. The molecular formula is C40H63B4N9O33P2S5. The molecule has 0 saturated carbocycles.